The number of nitrogens with zero attached hydrogens (tertiary/aromatic N) is 1. The second-order valence-corrected chi connectivity index (χ2v) is 6.18. The predicted molar refractivity (Wildman–Crippen MR) is 77.1 cm³/mol. The molecule has 18 heavy (non-hydrogen) atoms. The Morgan fingerprint density at radius 2 is 2.33 bits per heavy atom. The van der Waals surface area contributed by atoms with E-state index in [2.05, 4.69) is 29.5 Å². The minimum atomic E-state index is 0.147. The summed E-state index contributed by atoms with van der Waals surface area (Å²) in [5, 5.41) is 2.15. The van der Waals surface area contributed by atoms with Crippen molar-refractivity contribution >= 4 is 11.3 Å². The molecule has 2 heterocycles. The second kappa shape index (κ2) is 6.66. The molecule has 0 spiro atoms. The van der Waals surface area contributed by atoms with Gasteiger partial charge in [-0.05, 0) is 44.2 Å². The smallest absolute Gasteiger partial charge is 0.0484 e. The van der Waals surface area contributed by atoms with Gasteiger partial charge in [0.25, 0.3) is 0 Å². The molecule has 0 amide bonds. The fraction of sp³-hybridized carbons (Fsp3) is 0.714. The summed E-state index contributed by atoms with van der Waals surface area (Å²) < 4.78 is 5.57. The highest BCUT2D eigenvalue weighted by Crippen LogP contribution is 2.26. The van der Waals surface area contributed by atoms with Crippen molar-refractivity contribution in [2.24, 2.45) is 5.73 Å². The lowest BCUT2D eigenvalue weighted by atomic mass is 9.88. The van der Waals surface area contributed by atoms with Gasteiger partial charge in [-0.2, -0.15) is 0 Å². The Balaban J connectivity index is 1.93. The minimum absolute atomic E-state index is 0.147. The summed E-state index contributed by atoms with van der Waals surface area (Å²) in [6.07, 6.45) is 4.46. The highest BCUT2D eigenvalue weighted by atomic mass is 32.1. The number of rotatable bonds is 5. The van der Waals surface area contributed by atoms with Gasteiger partial charge in [0.15, 0.2) is 0 Å². The van der Waals surface area contributed by atoms with Gasteiger partial charge in [-0.3, -0.25) is 4.90 Å². The standard InChI is InChI=1S/C14H24N2OS/c1-16(8-5-13-4-2-11-18-13)14(12-15)6-3-9-17-10-7-14/h2,4,11H,3,5-10,12,15H2,1H3. The van der Waals surface area contributed by atoms with Crippen molar-refractivity contribution in [1.29, 1.82) is 0 Å². The quantitative estimate of drug-likeness (QED) is 0.889. The van der Waals surface area contributed by atoms with E-state index < -0.39 is 0 Å². The molecule has 0 radical (unpaired) electrons. The Hall–Kier alpha value is -0.420. The predicted octanol–water partition coefficient (Wildman–Crippen LogP) is 2.12. The van der Waals surface area contributed by atoms with Crippen LogP contribution in [0.5, 0.6) is 0 Å². The highest BCUT2D eigenvalue weighted by Gasteiger charge is 2.33. The van der Waals surface area contributed by atoms with Gasteiger partial charge in [0.1, 0.15) is 0 Å². The Bertz CT molecular complexity index is 332. The average Bonchev–Trinajstić information content (AvgIpc) is 2.79. The molecule has 0 aliphatic carbocycles. The summed E-state index contributed by atoms with van der Waals surface area (Å²) in [5.41, 5.74) is 6.21. The molecular formula is C14H24N2OS. The number of hydrogen-bond donors (Lipinski definition) is 1. The Morgan fingerprint density at radius 1 is 1.44 bits per heavy atom. The lowest BCUT2D eigenvalue weighted by molar-refractivity contribution is 0.0900. The van der Waals surface area contributed by atoms with Crippen LogP contribution in [0.3, 0.4) is 0 Å². The van der Waals surface area contributed by atoms with E-state index in [0.29, 0.717) is 0 Å². The van der Waals surface area contributed by atoms with Gasteiger partial charge < -0.3 is 10.5 Å². The van der Waals surface area contributed by atoms with Crippen LogP contribution in [0.1, 0.15) is 24.1 Å². The van der Waals surface area contributed by atoms with E-state index >= 15 is 0 Å². The Morgan fingerprint density at radius 3 is 3.06 bits per heavy atom. The second-order valence-electron chi connectivity index (χ2n) is 5.15. The zero-order valence-corrected chi connectivity index (χ0v) is 12.0. The van der Waals surface area contributed by atoms with Crippen LogP contribution in [0, 0.1) is 0 Å². The van der Waals surface area contributed by atoms with Gasteiger partial charge in [-0.25, -0.2) is 0 Å². The number of likely N-dealkylation sites (N-methyl/N-ethyl adjacent to an activating group) is 1. The van der Waals surface area contributed by atoms with Crippen LogP contribution in [0.2, 0.25) is 0 Å². The fourth-order valence-electron chi connectivity index (χ4n) is 2.70. The van der Waals surface area contributed by atoms with Gasteiger partial charge in [0.2, 0.25) is 0 Å². The molecule has 3 nitrogen and oxygen atoms in total. The summed E-state index contributed by atoms with van der Waals surface area (Å²) >= 11 is 1.84. The van der Waals surface area contributed by atoms with Gasteiger partial charge in [-0.1, -0.05) is 6.07 Å². The molecule has 1 atom stereocenters. The number of thiophene rings is 1. The largest absolute Gasteiger partial charge is 0.381 e. The van der Waals surface area contributed by atoms with Crippen molar-refractivity contribution in [3.05, 3.63) is 22.4 Å². The SMILES string of the molecule is CN(CCc1cccs1)C1(CN)CCCOCC1. The van der Waals surface area contributed by atoms with Crippen molar-refractivity contribution in [2.45, 2.75) is 31.2 Å². The molecule has 1 aliphatic rings. The zero-order chi connectivity index (χ0) is 12.8. The van der Waals surface area contributed by atoms with Crippen LogP contribution in [0.15, 0.2) is 17.5 Å². The summed E-state index contributed by atoms with van der Waals surface area (Å²) in [5.74, 6) is 0. The Kier molecular flexibility index (Phi) is 5.18. The molecule has 0 aromatic carbocycles. The molecular weight excluding hydrogens is 244 g/mol. The maximum absolute atomic E-state index is 6.06. The lowest BCUT2D eigenvalue weighted by Crippen LogP contribution is -2.52. The molecule has 102 valence electrons. The van der Waals surface area contributed by atoms with Crippen molar-refractivity contribution in [1.82, 2.24) is 4.90 Å². The molecule has 4 heteroatoms. The molecule has 1 unspecified atom stereocenters. The lowest BCUT2D eigenvalue weighted by Gasteiger charge is -2.40. The topological polar surface area (TPSA) is 38.5 Å². The van der Waals surface area contributed by atoms with E-state index in [9.17, 15) is 0 Å². The molecule has 1 aromatic rings. The maximum Gasteiger partial charge on any atom is 0.0484 e. The number of ether oxygens (including phenoxy) is 1. The first kappa shape index (κ1) is 14.0. The fourth-order valence-corrected chi connectivity index (χ4v) is 3.40. The summed E-state index contributed by atoms with van der Waals surface area (Å²) in [6.45, 7) is 3.55. The molecule has 0 saturated carbocycles. The van der Waals surface area contributed by atoms with Gasteiger partial charge >= 0.3 is 0 Å². The van der Waals surface area contributed by atoms with Crippen molar-refractivity contribution in [3.8, 4) is 0 Å². The first-order valence-electron chi connectivity index (χ1n) is 6.78. The number of hydrogen-bond acceptors (Lipinski definition) is 4. The molecule has 1 saturated heterocycles. The number of nitrogens with two attached hydrogens (primary N) is 1. The zero-order valence-electron chi connectivity index (χ0n) is 11.2. The third kappa shape index (κ3) is 3.32. The van der Waals surface area contributed by atoms with Crippen LogP contribution < -0.4 is 5.73 Å². The minimum Gasteiger partial charge on any atom is -0.381 e. The molecule has 2 rings (SSSR count). The Labute approximate surface area is 114 Å². The van der Waals surface area contributed by atoms with E-state index in [1.54, 1.807) is 0 Å². The third-order valence-electron chi connectivity index (χ3n) is 4.11. The van der Waals surface area contributed by atoms with E-state index in [1.165, 1.54) is 4.88 Å². The summed E-state index contributed by atoms with van der Waals surface area (Å²) in [7, 11) is 2.21. The monoisotopic (exact) mass is 268 g/mol. The summed E-state index contributed by atoms with van der Waals surface area (Å²) in [6, 6.07) is 4.34. The summed E-state index contributed by atoms with van der Waals surface area (Å²) in [4.78, 5) is 3.92. The van der Waals surface area contributed by atoms with Crippen LogP contribution in [-0.4, -0.2) is 43.8 Å². The molecule has 0 bridgehead atoms. The van der Waals surface area contributed by atoms with Gasteiger partial charge in [0, 0.05) is 36.7 Å². The van der Waals surface area contributed by atoms with Crippen LogP contribution in [0.25, 0.3) is 0 Å². The van der Waals surface area contributed by atoms with E-state index in [4.69, 9.17) is 10.5 Å². The van der Waals surface area contributed by atoms with E-state index in [0.717, 1.165) is 52.0 Å². The van der Waals surface area contributed by atoms with Crippen molar-refractivity contribution < 1.29 is 4.74 Å². The molecule has 1 aliphatic heterocycles. The maximum atomic E-state index is 6.06. The average molecular weight is 268 g/mol. The third-order valence-corrected chi connectivity index (χ3v) is 5.04. The first-order chi connectivity index (χ1) is 8.77. The molecule has 1 fully saturated rings. The van der Waals surface area contributed by atoms with Crippen LogP contribution in [-0.2, 0) is 11.2 Å². The van der Waals surface area contributed by atoms with Crippen LogP contribution in [0.4, 0.5) is 0 Å². The normalized spacial score (nSPS) is 25.3. The van der Waals surface area contributed by atoms with E-state index in [1.807, 2.05) is 11.3 Å². The molecule has 1 aromatic heterocycles. The van der Waals surface area contributed by atoms with Gasteiger partial charge in [0.05, 0.1) is 0 Å². The highest BCUT2D eigenvalue weighted by molar-refractivity contribution is 7.09. The van der Waals surface area contributed by atoms with Gasteiger partial charge in [-0.15, -0.1) is 11.3 Å². The molecule has 2 N–H and O–H groups in total. The van der Waals surface area contributed by atoms with Crippen molar-refractivity contribution in [2.75, 3.05) is 33.4 Å². The van der Waals surface area contributed by atoms with Crippen LogP contribution >= 0.6 is 11.3 Å². The first-order valence-corrected chi connectivity index (χ1v) is 7.66. The van der Waals surface area contributed by atoms with Crippen molar-refractivity contribution in [3.63, 3.8) is 0 Å². The van der Waals surface area contributed by atoms with E-state index in [-0.39, 0.29) is 5.54 Å².